The molecule has 4 nitrogen and oxygen atoms in total. The van der Waals surface area contributed by atoms with Crippen LogP contribution in [0.2, 0.25) is 0 Å². The summed E-state index contributed by atoms with van der Waals surface area (Å²) in [6.45, 7) is 2.60. The van der Waals surface area contributed by atoms with Gasteiger partial charge in [-0.25, -0.2) is 0 Å². The summed E-state index contributed by atoms with van der Waals surface area (Å²) in [5.41, 5.74) is 7.62. The van der Waals surface area contributed by atoms with Gasteiger partial charge in [-0.3, -0.25) is 4.79 Å². The van der Waals surface area contributed by atoms with Gasteiger partial charge < -0.3 is 15.7 Å². The lowest BCUT2D eigenvalue weighted by atomic mass is 10.1. The fourth-order valence-electron chi connectivity index (χ4n) is 2.06. The quantitative estimate of drug-likeness (QED) is 0.839. The Labute approximate surface area is 118 Å². The van der Waals surface area contributed by atoms with Gasteiger partial charge in [0.1, 0.15) is 5.75 Å². The average molecular weight is 270 g/mol. The van der Waals surface area contributed by atoms with Gasteiger partial charge in [0.05, 0.1) is 0 Å². The minimum atomic E-state index is -0.145. The predicted octanol–water partition coefficient (Wildman–Crippen LogP) is 3.03. The summed E-state index contributed by atoms with van der Waals surface area (Å²) in [7, 11) is 0. The second-order valence-electron chi connectivity index (χ2n) is 4.60. The minimum Gasteiger partial charge on any atom is -0.508 e. The van der Waals surface area contributed by atoms with Gasteiger partial charge in [-0.15, -0.1) is 0 Å². The molecule has 0 aromatic heterocycles. The molecule has 0 aliphatic heterocycles. The first-order valence-corrected chi connectivity index (χ1v) is 6.58. The number of anilines is 2. The van der Waals surface area contributed by atoms with Crippen molar-refractivity contribution in [2.45, 2.75) is 13.3 Å². The highest BCUT2D eigenvalue weighted by molar-refractivity contribution is 6.06. The van der Waals surface area contributed by atoms with Gasteiger partial charge >= 0.3 is 0 Å². The molecule has 2 aromatic rings. The average Bonchev–Trinajstić information content (AvgIpc) is 2.44. The summed E-state index contributed by atoms with van der Waals surface area (Å²) in [4.78, 5) is 14.2. The Hall–Kier alpha value is -2.49. The van der Waals surface area contributed by atoms with E-state index in [-0.39, 0.29) is 11.7 Å². The van der Waals surface area contributed by atoms with Gasteiger partial charge in [0.15, 0.2) is 0 Å². The molecule has 2 rings (SSSR count). The van der Waals surface area contributed by atoms with Crippen LogP contribution in [-0.4, -0.2) is 17.6 Å². The molecule has 0 bridgehead atoms. The second-order valence-corrected chi connectivity index (χ2v) is 4.60. The Morgan fingerprint density at radius 3 is 2.60 bits per heavy atom. The van der Waals surface area contributed by atoms with E-state index >= 15 is 0 Å². The first-order valence-electron chi connectivity index (χ1n) is 6.58. The summed E-state index contributed by atoms with van der Waals surface area (Å²) in [5.74, 6) is -0.0618. The molecule has 0 atom stereocenters. The number of phenolic OH excluding ortho intramolecular Hbond substituents is 1. The Bertz CT molecular complexity index is 611. The van der Waals surface area contributed by atoms with Crippen molar-refractivity contribution in [1.29, 1.82) is 0 Å². The van der Waals surface area contributed by atoms with Gasteiger partial charge in [0.2, 0.25) is 0 Å². The van der Waals surface area contributed by atoms with E-state index in [2.05, 4.69) is 0 Å². The lowest BCUT2D eigenvalue weighted by Crippen LogP contribution is -2.31. The molecule has 1 amide bonds. The van der Waals surface area contributed by atoms with E-state index in [9.17, 15) is 9.90 Å². The molecule has 2 aromatic carbocycles. The van der Waals surface area contributed by atoms with Crippen LogP contribution in [0.3, 0.4) is 0 Å². The summed E-state index contributed by atoms with van der Waals surface area (Å²) in [6.07, 6.45) is 0.833. The number of hydrogen-bond acceptors (Lipinski definition) is 3. The van der Waals surface area contributed by atoms with Crippen LogP contribution in [0.5, 0.6) is 5.75 Å². The Morgan fingerprint density at radius 2 is 1.95 bits per heavy atom. The molecule has 104 valence electrons. The van der Waals surface area contributed by atoms with Crippen LogP contribution >= 0.6 is 0 Å². The maximum absolute atomic E-state index is 12.6. The maximum atomic E-state index is 12.6. The van der Waals surface area contributed by atoms with E-state index in [1.807, 2.05) is 19.1 Å². The van der Waals surface area contributed by atoms with E-state index in [0.717, 1.165) is 12.1 Å². The highest BCUT2D eigenvalue weighted by atomic mass is 16.3. The highest BCUT2D eigenvalue weighted by Gasteiger charge is 2.17. The Morgan fingerprint density at radius 1 is 1.20 bits per heavy atom. The molecule has 4 heteroatoms. The fraction of sp³-hybridized carbons (Fsp3) is 0.188. The van der Waals surface area contributed by atoms with Gasteiger partial charge in [0, 0.05) is 23.5 Å². The molecular weight excluding hydrogens is 252 g/mol. The molecule has 20 heavy (non-hydrogen) atoms. The Kier molecular flexibility index (Phi) is 4.25. The van der Waals surface area contributed by atoms with Crippen molar-refractivity contribution in [3.8, 4) is 5.75 Å². The smallest absolute Gasteiger partial charge is 0.258 e. The molecule has 3 N–H and O–H groups in total. The molecule has 0 radical (unpaired) electrons. The summed E-state index contributed by atoms with van der Waals surface area (Å²) in [5, 5.41) is 9.50. The summed E-state index contributed by atoms with van der Waals surface area (Å²) < 4.78 is 0. The van der Waals surface area contributed by atoms with Crippen LogP contribution in [-0.2, 0) is 0 Å². The van der Waals surface area contributed by atoms with E-state index in [1.54, 1.807) is 35.2 Å². The van der Waals surface area contributed by atoms with Crippen molar-refractivity contribution in [2.75, 3.05) is 17.2 Å². The van der Waals surface area contributed by atoms with Crippen molar-refractivity contribution in [2.24, 2.45) is 0 Å². The molecule has 0 aliphatic carbocycles. The zero-order chi connectivity index (χ0) is 14.5. The molecule has 0 unspecified atom stereocenters. The van der Waals surface area contributed by atoms with E-state index in [0.29, 0.717) is 17.8 Å². The van der Waals surface area contributed by atoms with Crippen molar-refractivity contribution in [3.05, 3.63) is 54.1 Å². The van der Waals surface area contributed by atoms with Crippen molar-refractivity contribution < 1.29 is 9.90 Å². The van der Waals surface area contributed by atoms with Gasteiger partial charge in [-0.1, -0.05) is 19.1 Å². The van der Waals surface area contributed by atoms with Crippen LogP contribution < -0.4 is 10.6 Å². The first kappa shape index (κ1) is 13.9. The van der Waals surface area contributed by atoms with Crippen molar-refractivity contribution in [3.63, 3.8) is 0 Å². The highest BCUT2D eigenvalue weighted by Crippen LogP contribution is 2.21. The van der Waals surface area contributed by atoms with Crippen molar-refractivity contribution >= 4 is 17.3 Å². The van der Waals surface area contributed by atoms with Gasteiger partial charge in [0.25, 0.3) is 5.91 Å². The monoisotopic (exact) mass is 270 g/mol. The number of rotatable bonds is 4. The third-order valence-electron chi connectivity index (χ3n) is 2.97. The minimum absolute atomic E-state index is 0.0832. The van der Waals surface area contributed by atoms with Crippen LogP contribution in [0.25, 0.3) is 0 Å². The molecular formula is C16H18N2O2. The lowest BCUT2D eigenvalue weighted by Gasteiger charge is -2.22. The van der Waals surface area contributed by atoms with Crippen LogP contribution in [0.4, 0.5) is 11.4 Å². The number of nitrogens with zero attached hydrogens (tertiary/aromatic N) is 1. The molecule has 0 fully saturated rings. The molecule has 0 saturated carbocycles. The number of phenols is 1. The molecule has 0 saturated heterocycles. The number of nitrogen functional groups attached to an aromatic ring is 1. The number of nitrogens with two attached hydrogens (primary N) is 1. The number of aromatic hydroxyl groups is 1. The topological polar surface area (TPSA) is 66.6 Å². The predicted molar refractivity (Wildman–Crippen MR) is 80.9 cm³/mol. The first-order chi connectivity index (χ1) is 9.61. The zero-order valence-corrected chi connectivity index (χ0v) is 11.4. The SMILES string of the molecule is CCCN(C(=O)c1cccc(O)c1)c1cccc(N)c1. The van der Waals surface area contributed by atoms with Gasteiger partial charge in [-0.2, -0.15) is 0 Å². The third kappa shape index (κ3) is 3.09. The van der Waals surface area contributed by atoms with E-state index in [4.69, 9.17) is 5.73 Å². The van der Waals surface area contributed by atoms with Crippen LogP contribution in [0, 0.1) is 0 Å². The third-order valence-corrected chi connectivity index (χ3v) is 2.97. The summed E-state index contributed by atoms with van der Waals surface area (Å²) >= 11 is 0. The lowest BCUT2D eigenvalue weighted by molar-refractivity contribution is 0.0986. The number of carbonyl (C=O) groups is 1. The largest absolute Gasteiger partial charge is 0.508 e. The molecule has 0 spiro atoms. The van der Waals surface area contributed by atoms with Crippen LogP contribution in [0.1, 0.15) is 23.7 Å². The number of carbonyl (C=O) groups excluding carboxylic acids is 1. The molecule has 0 heterocycles. The standard InChI is InChI=1S/C16H18N2O2/c1-2-9-18(14-7-4-6-13(17)11-14)16(20)12-5-3-8-15(19)10-12/h3-8,10-11,19H,2,9,17H2,1H3. The Balaban J connectivity index is 2.35. The van der Waals surface area contributed by atoms with E-state index in [1.165, 1.54) is 6.07 Å². The zero-order valence-electron chi connectivity index (χ0n) is 11.4. The maximum Gasteiger partial charge on any atom is 0.258 e. The summed E-state index contributed by atoms with van der Waals surface area (Å²) in [6, 6.07) is 13.6. The normalized spacial score (nSPS) is 10.2. The number of benzene rings is 2. The number of hydrogen-bond donors (Lipinski definition) is 2. The van der Waals surface area contributed by atoms with Crippen molar-refractivity contribution in [1.82, 2.24) is 0 Å². The molecule has 0 aliphatic rings. The fourth-order valence-corrected chi connectivity index (χ4v) is 2.06. The number of amides is 1. The van der Waals surface area contributed by atoms with Crippen LogP contribution in [0.15, 0.2) is 48.5 Å². The second kappa shape index (κ2) is 6.10. The van der Waals surface area contributed by atoms with Gasteiger partial charge in [-0.05, 0) is 42.8 Å². The van der Waals surface area contributed by atoms with E-state index < -0.39 is 0 Å².